The van der Waals surface area contributed by atoms with E-state index < -0.39 is 0 Å². The van der Waals surface area contributed by atoms with Crippen molar-refractivity contribution in [2.45, 2.75) is 39.8 Å². The summed E-state index contributed by atoms with van der Waals surface area (Å²) in [6.07, 6.45) is 0. The Morgan fingerprint density at radius 1 is 1.17 bits per heavy atom. The number of hydrogen-bond acceptors (Lipinski definition) is 3. The van der Waals surface area contributed by atoms with Gasteiger partial charge in [0.25, 0.3) is 0 Å². The van der Waals surface area contributed by atoms with Crippen LogP contribution < -0.4 is 5.32 Å². The fraction of sp³-hybridized carbons (Fsp3) is 0.400. The van der Waals surface area contributed by atoms with E-state index in [1.165, 1.54) is 11.1 Å². The van der Waals surface area contributed by atoms with E-state index >= 15 is 0 Å². The molecule has 0 radical (unpaired) electrons. The first-order chi connectivity index (χ1) is 8.44. The third-order valence-corrected chi connectivity index (χ3v) is 3.52. The Labute approximate surface area is 113 Å². The van der Waals surface area contributed by atoms with Gasteiger partial charge in [-0.2, -0.15) is 0 Å². The molecule has 1 aromatic carbocycles. The highest BCUT2D eigenvalue weighted by molar-refractivity contribution is 7.09. The molecule has 0 spiro atoms. The predicted octanol–water partition coefficient (Wildman–Crippen LogP) is 4.01. The van der Waals surface area contributed by atoms with Gasteiger partial charge in [0.2, 0.25) is 0 Å². The number of thiazole rings is 1. The van der Waals surface area contributed by atoms with Crippen molar-refractivity contribution in [1.29, 1.82) is 0 Å². The summed E-state index contributed by atoms with van der Waals surface area (Å²) in [5.74, 6) is 0. The third-order valence-electron chi connectivity index (χ3n) is 2.67. The van der Waals surface area contributed by atoms with Gasteiger partial charge in [0.15, 0.2) is 0 Å². The maximum absolute atomic E-state index is 4.67. The SMILES string of the molecule is Cc1ccc(-c2csc(CNC(C)(C)C)n2)cc1. The smallest absolute Gasteiger partial charge is 0.107 e. The van der Waals surface area contributed by atoms with Crippen LogP contribution in [0.3, 0.4) is 0 Å². The molecule has 18 heavy (non-hydrogen) atoms. The predicted molar refractivity (Wildman–Crippen MR) is 78.9 cm³/mol. The molecule has 2 nitrogen and oxygen atoms in total. The van der Waals surface area contributed by atoms with E-state index in [2.05, 4.69) is 67.6 Å². The van der Waals surface area contributed by atoms with E-state index in [1.54, 1.807) is 11.3 Å². The maximum Gasteiger partial charge on any atom is 0.107 e. The first kappa shape index (κ1) is 13.2. The zero-order chi connectivity index (χ0) is 13.2. The van der Waals surface area contributed by atoms with Gasteiger partial charge in [-0.25, -0.2) is 4.98 Å². The highest BCUT2D eigenvalue weighted by Crippen LogP contribution is 2.22. The van der Waals surface area contributed by atoms with Crippen molar-refractivity contribution in [2.75, 3.05) is 0 Å². The van der Waals surface area contributed by atoms with Crippen LogP contribution in [0, 0.1) is 6.92 Å². The Bertz CT molecular complexity index is 506. The summed E-state index contributed by atoms with van der Waals surface area (Å²) >= 11 is 1.72. The molecule has 1 aromatic heterocycles. The van der Waals surface area contributed by atoms with Crippen molar-refractivity contribution >= 4 is 11.3 Å². The normalized spacial score (nSPS) is 11.8. The first-order valence-corrected chi connectivity index (χ1v) is 7.08. The van der Waals surface area contributed by atoms with Gasteiger partial charge >= 0.3 is 0 Å². The van der Waals surface area contributed by atoms with Crippen LogP contribution in [0.15, 0.2) is 29.6 Å². The van der Waals surface area contributed by atoms with Crippen molar-refractivity contribution in [1.82, 2.24) is 10.3 Å². The van der Waals surface area contributed by atoms with Crippen molar-refractivity contribution in [3.63, 3.8) is 0 Å². The average molecular weight is 260 g/mol. The van der Waals surface area contributed by atoms with Crippen LogP contribution in [-0.2, 0) is 6.54 Å². The van der Waals surface area contributed by atoms with Gasteiger partial charge in [0, 0.05) is 23.0 Å². The van der Waals surface area contributed by atoms with Crippen molar-refractivity contribution in [3.05, 3.63) is 40.2 Å². The molecule has 0 fully saturated rings. The topological polar surface area (TPSA) is 24.9 Å². The molecule has 0 amide bonds. The molecule has 2 rings (SSSR count). The second-order valence-electron chi connectivity index (χ2n) is 5.60. The fourth-order valence-corrected chi connectivity index (χ4v) is 2.33. The molecule has 0 saturated carbocycles. The Morgan fingerprint density at radius 2 is 1.83 bits per heavy atom. The summed E-state index contributed by atoms with van der Waals surface area (Å²) in [5.41, 5.74) is 3.68. The Kier molecular flexibility index (Phi) is 3.83. The maximum atomic E-state index is 4.67. The molecule has 0 bridgehead atoms. The van der Waals surface area contributed by atoms with Gasteiger partial charge < -0.3 is 5.32 Å². The number of hydrogen-bond donors (Lipinski definition) is 1. The summed E-state index contributed by atoms with van der Waals surface area (Å²) < 4.78 is 0. The summed E-state index contributed by atoms with van der Waals surface area (Å²) in [4.78, 5) is 4.67. The average Bonchev–Trinajstić information content (AvgIpc) is 2.75. The number of aromatic nitrogens is 1. The molecular formula is C15H20N2S. The lowest BCUT2D eigenvalue weighted by Gasteiger charge is -2.19. The summed E-state index contributed by atoms with van der Waals surface area (Å²) in [7, 11) is 0. The number of nitrogens with zero attached hydrogens (tertiary/aromatic N) is 1. The molecule has 1 N–H and O–H groups in total. The summed E-state index contributed by atoms with van der Waals surface area (Å²) in [6, 6.07) is 8.51. The zero-order valence-corrected chi connectivity index (χ0v) is 12.3. The van der Waals surface area contributed by atoms with E-state index in [0.29, 0.717) is 0 Å². The van der Waals surface area contributed by atoms with Gasteiger partial charge in [-0.1, -0.05) is 29.8 Å². The number of aryl methyl sites for hydroxylation is 1. The van der Waals surface area contributed by atoms with Gasteiger partial charge in [0.05, 0.1) is 5.69 Å². The molecule has 0 saturated heterocycles. The molecule has 0 atom stereocenters. The lowest BCUT2D eigenvalue weighted by molar-refractivity contribution is 0.424. The standard InChI is InChI=1S/C15H20N2S/c1-11-5-7-12(8-6-11)13-10-18-14(17-13)9-16-15(2,3)4/h5-8,10,16H,9H2,1-4H3. The second-order valence-corrected chi connectivity index (χ2v) is 6.54. The fourth-order valence-electron chi connectivity index (χ4n) is 1.59. The van der Waals surface area contributed by atoms with Crippen molar-refractivity contribution in [3.8, 4) is 11.3 Å². The highest BCUT2D eigenvalue weighted by Gasteiger charge is 2.10. The molecule has 0 aliphatic heterocycles. The molecule has 2 aromatic rings. The third kappa shape index (κ3) is 3.65. The van der Waals surface area contributed by atoms with Crippen LogP contribution in [0.2, 0.25) is 0 Å². The van der Waals surface area contributed by atoms with Crippen molar-refractivity contribution < 1.29 is 0 Å². The van der Waals surface area contributed by atoms with Crippen LogP contribution in [-0.4, -0.2) is 10.5 Å². The van der Waals surface area contributed by atoms with Crippen LogP contribution in [0.1, 0.15) is 31.3 Å². The zero-order valence-electron chi connectivity index (χ0n) is 11.4. The van der Waals surface area contributed by atoms with Crippen molar-refractivity contribution in [2.24, 2.45) is 0 Å². The lowest BCUT2D eigenvalue weighted by Crippen LogP contribution is -2.34. The van der Waals surface area contributed by atoms with Crippen LogP contribution in [0.4, 0.5) is 0 Å². The highest BCUT2D eigenvalue weighted by atomic mass is 32.1. The monoisotopic (exact) mass is 260 g/mol. The molecule has 0 unspecified atom stereocenters. The van der Waals surface area contributed by atoms with E-state index in [0.717, 1.165) is 17.2 Å². The lowest BCUT2D eigenvalue weighted by atomic mass is 10.1. The van der Waals surface area contributed by atoms with Gasteiger partial charge in [0.1, 0.15) is 5.01 Å². The molecule has 1 heterocycles. The van der Waals surface area contributed by atoms with E-state index in [4.69, 9.17) is 0 Å². The number of rotatable bonds is 3. The number of nitrogens with one attached hydrogen (secondary N) is 1. The number of benzene rings is 1. The van der Waals surface area contributed by atoms with Crippen LogP contribution >= 0.6 is 11.3 Å². The molecular weight excluding hydrogens is 240 g/mol. The second kappa shape index (κ2) is 5.21. The van der Waals surface area contributed by atoms with E-state index in [-0.39, 0.29) is 5.54 Å². The van der Waals surface area contributed by atoms with Crippen LogP contribution in [0.5, 0.6) is 0 Å². The Morgan fingerprint density at radius 3 is 2.44 bits per heavy atom. The van der Waals surface area contributed by atoms with E-state index in [9.17, 15) is 0 Å². The van der Waals surface area contributed by atoms with Gasteiger partial charge in [-0.15, -0.1) is 11.3 Å². The Hall–Kier alpha value is -1.19. The summed E-state index contributed by atoms with van der Waals surface area (Å²) in [5, 5.41) is 6.73. The minimum absolute atomic E-state index is 0.135. The van der Waals surface area contributed by atoms with Gasteiger partial charge in [-0.05, 0) is 27.7 Å². The molecule has 96 valence electrons. The summed E-state index contributed by atoms with van der Waals surface area (Å²) in [6.45, 7) is 9.44. The molecule has 0 aliphatic rings. The molecule has 3 heteroatoms. The van der Waals surface area contributed by atoms with E-state index in [1.807, 2.05) is 0 Å². The largest absolute Gasteiger partial charge is 0.306 e. The van der Waals surface area contributed by atoms with Gasteiger partial charge in [-0.3, -0.25) is 0 Å². The van der Waals surface area contributed by atoms with Crippen LogP contribution in [0.25, 0.3) is 11.3 Å². The minimum Gasteiger partial charge on any atom is -0.306 e. The Balaban J connectivity index is 2.08. The quantitative estimate of drug-likeness (QED) is 0.902. The molecule has 0 aliphatic carbocycles. The minimum atomic E-state index is 0.135. The first-order valence-electron chi connectivity index (χ1n) is 6.20.